The third-order valence-corrected chi connectivity index (χ3v) is 5.44. The summed E-state index contributed by atoms with van der Waals surface area (Å²) < 4.78 is 0. The van der Waals surface area contributed by atoms with Crippen molar-refractivity contribution in [1.82, 2.24) is 0 Å². The van der Waals surface area contributed by atoms with Crippen molar-refractivity contribution in [2.24, 2.45) is 5.73 Å². The number of benzene rings is 1. The van der Waals surface area contributed by atoms with Gasteiger partial charge in [-0.05, 0) is 26.3 Å². The zero-order chi connectivity index (χ0) is 21.6. The Bertz CT molecular complexity index is 647. The van der Waals surface area contributed by atoms with Crippen molar-refractivity contribution in [2.75, 3.05) is 5.32 Å². The SMILES string of the molecule is CCCCCCCCCCCCCC(C)Nc1cc(C)c([N+](=O)[O-])cc1C(N)=O. The highest BCUT2D eigenvalue weighted by Gasteiger charge is 2.19. The first-order valence-electron chi connectivity index (χ1n) is 11.2. The molecule has 3 N–H and O–H groups in total. The van der Waals surface area contributed by atoms with Crippen molar-refractivity contribution in [3.63, 3.8) is 0 Å². The number of nitrogens with zero attached hydrogens (tertiary/aromatic N) is 1. The van der Waals surface area contributed by atoms with Gasteiger partial charge in [-0.1, -0.05) is 77.6 Å². The number of nitrogens with two attached hydrogens (primary N) is 1. The molecule has 0 aliphatic carbocycles. The molecule has 6 heteroatoms. The smallest absolute Gasteiger partial charge is 0.273 e. The molecule has 6 nitrogen and oxygen atoms in total. The van der Waals surface area contributed by atoms with E-state index in [-0.39, 0.29) is 17.3 Å². The molecule has 29 heavy (non-hydrogen) atoms. The first-order chi connectivity index (χ1) is 13.9. The summed E-state index contributed by atoms with van der Waals surface area (Å²) in [6.45, 7) is 5.99. The molecule has 0 aliphatic heterocycles. The molecule has 0 spiro atoms. The number of amides is 1. The van der Waals surface area contributed by atoms with Gasteiger partial charge >= 0.3 is 0 Å². The molecule has 0 radical (unpaired) electrons. The predicted octanol–water partition coefficient (Wildman–Crippen LogP) is 6.50. The van der Waals surface area contributed by atoms with Crippen LogP contribution in [0.3, 0.4) is 0 Å². The fourth-order valence-electron chi connectivity index (χ4n) is 3.67. The van der Waals surface area contributed by atoms with Crippen LogP contribution in [0.25, 0.3) is 0 Å². The van der Waals surface area contributed by atoms with E-state index < -0.39 is 10.8 Å². The molecule has 1 atom stereocenters. The van der Waals surface area contributed by atoms with E-state index in [1.807, 2.05) is 0 Å². The molecule has 0 aromatic heterocycles. The Morgan fingerprint density at radius 2 is 1.55 bits per heavy atom. The maximum atomic E-state index is 11.7. The number of carbonyl (C=O) groups is 1. The van der Waals surface area contributed by atoms with Crippen molar-refractivity contribution < 1.29 is 9.72 Å². The van der Waals surface area contributed by atoms with Crippen LogP contribution in [0.15, 0.2) is 12.1 Å². The van der Waals surface area contributed by atoms with Crippen LogP contribution in [0.5, 0.6) is 0 Å². The number of nitrogens with one attached hydrogen (secondary N) is 1. The van der Waals surface area contributed by atoms with Crippen LogP contribution in [0.2, 0.25) is 0 Å². The number of carbonyl (C=O) groups excluding carboxylic acids is 1. The minimum absolute atomic E-state index is 0.0811. The first kappa shape index (κ1) is 24.9. The molecular weight excluding hydrogens is 366 g/mol. The molecule has 1 unspecified atom stereocenters. The lowest BCUT2D eigenvalue weighted by Gasteiger charge is -2.18. The van der Waals surface area contributed by atoms with Gasteiger partial charge in [-0.25, -0.2) is 0 Å². The fraction of sp³-hybridized carbons (Fsp3) is 0.696. The average Bonchev–Trinajstić information content (AvgIpc) is 2.65. The van der Waals surface area contributed by atoms with Gasteiger partial charge < -0.3 is 11.1 Å². The number of hydrogen-bond acceptors (Lipinski definition) is 4. The van der Waals surface area contributed by atoms with Crippen LogP contribution in [0.4, 0.5) is 11.4 Å². The van der Waals surface area contributed by atoms with Crippen molar-refractivity contribution in [2.45, 2.75) is 104 Å². The van der Waals surface area contributed by atoms with Crippen LogP contribution in [0, 0.1) is 17.0 Å². The third-order valence-electron chi connectivity index (χ3n) is 5.44. The zero-order valence-electron chi connectivity index (χ0n) is 18.5. The zero-order valence-corrected chi connectivity index (χ0v) is 18.5. The highest BCUT2D eigenvalue weighted by atomic mass is 16.6. The number of primary amides is 1. The molecule has 164 valence electrons. The van der Waals surface area contributed by atoms with E-state index >= 15 is 0 Å². The molecule has 0 saturated heterocycles. The number of unbranched alkanes of at least 4 members (excludes halogenated alkanes) is 10. The molecule has 1 aromatic carbocycles. The van der Waals surface area contributed by atoms with Crippen LogP contribution in [-0.4, -0.2) is 16.9 Å². The quantitative estimate of drug-likeness (QED) is 0.186. The maximum Gasteiger partial charge on any atom is 0.273 e. The van der Waals surface area contributed by atoms with Gasteiger partial charge in [0.15, 0.2) is 0 Å². The van der Waals surface area contributed by atoms with Crippen LogP contribution in [-0.2, 0) is 0 Å². The Morgan fingerprint density at radius 3 is 2.03 bits per heavy atom. The molecular formula is C23H39N3O3. The van der Waals surface area contributed by atoms with Gasteiger partial charge in [-0.15, -0.1) is 0 Å². The number of aryl methyl sites for hydroxylation is 1. The summed E-state index contributed by atoms with van der Waals surface area (Å²) in [6, 6.07) is 3.09. The molecule has 0 heterocycles. The summed E-state index contributed by atoms with van der Waals surface area (Å²) in [5.41, 5.74) is 6.61. The maximum absolute atomic E-state index is 11.7. The van der Waals surface area contributed by atoms with Crippen molar-refractivity contribution in [1.29, 1.82) is 0 Å². The second-order valence-corrected chi connectivity index (χ2v) is 8.18. The fourth-order valence-corrected chi connectivity index (χ4v) is 3.67. The minimum atomic E-state index is -0.655. The number of hydrogen-bond donors (Lipinski definition) is 2. The molecule has 1 amide bonds. The van der Waals surface area contributed by atoms with E-state index in [1.165, 1.54) is 70.3 Å². The third kappa shape index (κ3) is 9.77. The Labute approximate surface area is 175 Å². The van der Waals surface area contributed by atoms with E-state index in [1.54, 1.807) is 13.0 Å². The van der Waals surface area contributed by atoms with Gasteiger partial charge in [0.25, 0.3) is 11.6 Å². The lowest BCUT2D eigenvalue weighted by molar-refractivity contribution is -0.385. The van der Waals surface area contributed by atoms with E-state index in [9.17, 15) is 14.9 Å². The highest BCUT2D eigenvalue weighted by molar-refractivity contribution is 5.99. The van der Waals surface area contributed by atoms with Gasteiger partial charge in [0.2, 0.25) is 0 Å². The summed E-state index contributed by atoms with van der Waals surface area (Å²) in [7, 11) is 0. The van der Waals surface area contributed by atoms with E-state index in [2.05, 4.69) is 19.2 Å². The number of rotatable bonds is 16. The lowest BCUT2D eigenvalue weighted by atomic mass is 10.0. The standard InChI is InChI=1S/C23H39N3O3/c1-4-5-6-7-8-9-10-11-12-13-14-15-19(3)25-21-16-18(2)22(26(28)29)17-20(21)23(24)27/h16-17,19,25H,4-15H2,1-3H3,(H2,24,27). The van der Waals surface area contributed by atoms with Gasteiger partial charge in [-0.2, -0.15) is 0 Å². The average molecular weight is 406 g/mol. The number of anilines is 1. The van der Waals surface area contributed by atoms with Crippen LogP contribution < -0.4 is 11.1 Å². The largest absolute Gasteiger partial charge is 0.382 e. The molecule has 0 saturated carbocycles. The second kappa shape index (κ2) is 14.0. The lowest BCUT2D eigenvalue weighted by Crippen LogP contribution is -2.20. The number of nitro groups is 1. The van der Waals surface area contributed by atoms with E-state index in [0.29, 0.717) is 11.3 Å². The Balaban J connectivity index is 2.31. The minimum Gasteiger partial charge on any atom is -0.382 e. The normalized spacial score (nSPS) is 12.0. The summed E-state index contributed by atoms with van der Waals surface area (Å²) in [4.78, 5) is 22.3. The molecule has 1 aromatic rings. The van der Waals surface area contributed by atoms with Crippen LogP contribution >= 0.6 is 0 Å². The highest BCUT2D eigenvalue weighted by Crippen LogP contribution is 2.27. The second-order valence-electron chi connectivity index (χ2n) is 8.18. The monoisotopic (exact) mass is 405 g/mol. The van der Waals surface area contributed by atoms with Gasteiger partial charge in [0.05, 0.1) is 10.5 Å². The Hall–Kier alpha value is -2.11. The Morgan fingerprint density at radius 1 is 1.03 bits per heavy atom. The van der Waals surface area contributed by atoms with E-state index in [4.69, 9.17) is 5.73 Å². The van der Waals surface area contributed by atoms with Crippen molar-refractivity contribution in [3.8, 4) is 0 Å². The van der Waals surface area contributed by atoms with Crippen LogP contribution in [0.1, 0.15) is 107 Å². The summed E-state index contributed by atoms with van der Waals surface area (Å²) in [5.74, 6) is -0.655. The number of nitro benzene ring substituents is 1. The molecule has 0 bridgehead atoms. The van der Waals surface area contributed by atoms with Crippen molar-refractivity contribution >= 4 is 17.3 Å². The molecule has 0 fully saturated rings. The topological polar surface area (TPSA) is 98.3 Å². The summed E-state index contributed by atoms with van der Waals surface area (Å²) in [6.07, 6.45) is 15.4. The molecule has 0 aliphatic rings. The first-order valence-corrected chi connectivity index (χ1v) is 11.2. The molecule has 1 rings (SSSR count). The van der Waals surface area contributed by atoms with E-state index in [0.717, 1.165) is 12.8 Å². The summed E-state index contributed by atoms with van der Waals surface area (Å²) >= 11 is 0. The van der Waals surface area contributed by atoms with Gasteiger partial charge in [-0.3, -0.25) is 14.9 Å². The van der Waals surface area contributed by atoms with Gasteiger partial charge in [0.1, 0.15) is 0 Å². The van der Waals surface area contributed by atoms with Gasteiger partial charge in [0, 0.05) is 23.4 Å². The van der Waals surface area contributed by atoms with Crippen molar-refractivity contribution in [3.05, 3.63) is 33.4 Å². The Kier molecular flexibility index (Phi) is 12.0. The summed E-state index contributed by atoms with van der Waals surface area (Å²) in [5, 5.41) is 14.4. The predicted molar refractivity (Wildman–Crippen MR) is 121 cm³/mol.